The van der Waals surface area contributed by atoms with Crippen LogP contribution in [-0.2, 0) is 10.2 Å². The maximum absolute atomic E-state index is 12.7. The molecule has 0 radical (unpaired) electrons. The molecule has 120 valence electrons. The number of amides is 1. The number of halogens is 2. The number of benzene rings is 1. The Labute approximate surface area is 140 Å². The molecular formula is C16H20Cl2N2O2. The summed E-state index contributed by atoms with van der Waals surface area (Å²) < 4.78 is 0. The number of β-amino-alcohol motifs (C(OH)–C–C–N with tert-alkyl or cyclic N) is 1. The van der Waals surface area contributed by atoms with Crippen LogP contribution < -0.4 is 10.6 Å². The lowest BCUT2D eigenvalue weighted by Crippen LogP contribution is -2.50. The largest absolute Gasteiger partial charge is 0.391 e. The van der Waals surface area contributed by atoms with Crippen molar-refractivity contribution < 1.29 is 9.90 Å². The van der Waals surface area contributed by atoms with Gasteiger partial charge in [-0.3, -0.25) is 4.79 Å². The molecule has 2 fully saturated rings. The summed E-state index contributed by atoms with van der Waals surface area (Å²) in [4.78, 5) is 12.7. The summed E-state index contributed by atoms with van der Waals surface area (Å²) in [7, 11) is 0. The summed E-state index contributed by atoms with van der Waals surface area (Å²) in [5, 5.41) is 16.9. The Kier molecular flexibility index (Phi) is 4.64. The third-order valence-electron chi connectivity index (χ3n) is 4.94. The number of nitrogens with one attached hydrogen (secondary N) is 2. The standard InChI is InChI=1S/C16H20Cl2N2O2/c17-12-3-2-11(6-13(12)18)16(4-1-5-16)15(22)20-8-10-7-19-9-14(10)21/h2-3,6,10,14,19,21H,1,4-5,7-9H2,(H,20,22). The third kappa shape index (κ3) is 2.85. The number of aliphatic hydroxyl groups excluding tert-OH is 1. The van der Waals surface area contributed by atoms with E-state index in [9.17, 15) is 9.90 Å². The van der Waals surface area contributed by atoms with Crippen molar-refractivity contribution in [2.75, 3.05) is 19.6 Å². The van der Waals surface area contributed by atoms with E-state index < -0.39 is 5.41 Å². The van der Waals surface area contributed by atoms with Crippen molar-refractivity contribution in [3.8, 4) is 0 Å². The number of hydrogen-bond acceptors (Lipinski definition) is 3. The summed E-state index contributed by atoms with van der Waals surface area (Å²) in [5.41, 5.74) is 0.432. The average molecular weight is 343 g/mol. The predicted octanol–water partition coefficient (Wildman–Crippen LogP) is 2.11. The van der Waals surface area contributed by atoms with Crippen LogP contribution in [0.25, 0.3) is 0 Å². The smallest absolute Gasteiger partial charge is 0.230 e. The zero-order valence-corrected chi connectivity index (χ0v) is 13.8. The normalized spacial score (nSPS) is 26.5. The molecule has 22 heavy (non-hydrogen) atoms. The molecular weight excluding hydrogens is 323 g/mol. The van der Waals surface area contributed by atoms with E-state index in [-0.39, 0.29) is 17.9 Å². The van der Waals surface area contributed by atoms with Crippen molar-refractivity contribution in [1.29, 1.82) is 0 Å². The minimum atomic E-state index is -0.495. The molecule has 1 aliphatic heterocycles. The predicted molar refractivity (Wildman–Crippen MR) is 87.4 cm³/mol. The molecule has 1 saturated heterocycles. The van der Waals surface area contributed by atoms with Crippen molar-refractivity contribution in [3.05, 3.63) is 33.8 Å². The van der Waals surface area contributed by atoms with E-state index in [0.29, 0.717) is 23.1 Å². The molecule has 1 aromatic carbocycles. The Morgan fingerprint density at radius 3 is 2.64 bits per heavy atom. The fraction of sp³-hybridized carbons (Fsp3) is 0.562. The summed E-state index contributed by atoms with van der Waals surface area (Å²) >= 11 is 12.1. The van der Waals surface area contributed by atoms with Crippen LogP contribution >= 0.6 is 23.2 Å². The molecule has 2 unspecified atom stereocenters. The Hall–Kier alpha value is -0.810. The molecule has 6 heteroatoms. The Morgan fingerprint density at radius 1 is 1.32 bits per heavy atom. The summed E-state index contributed by atoms with van der Waals surface area (Å²) in [6.45, 7) is 1.83. The van der Waals surface area contributed by atoms with E-state index in [2.05, 4.69) is 10.6 Å². The van der Waals surface area contributed by atoms with Crippen molar-refractivity contribution in [3.63, 3.8) is 0 Å². The minimum absolute atomic E-state index is 0.0243. The van der Waals surface area contributed by atoms with E-state index >= 15 is 0 Å². The molecule has 3 N–H and O–H groups in total. The maximum Gasteiger partial charge on any atom is 0.230 e. The van der Waals surface area contributed by atoms with Crippen molar-refractivity contribution in [2.45, 2.75) is 30.8 Å². The molecule has 1 aliphatic carbocycles. The van der Waals surface area contributed by atoms with E-state index in [4.69, 9.17) is 23.2 Å². The second kappa shape index (κ2) is 6.36. The second-order valence-electron chi connectivity index (χ2n) is 6.26. The van der Waals surface area contributed by atoms with Gasteiger partial charge in [-0.1, -0.05) is 35.7 Å². The molecule has 0 spiro atoms. The Balaban J connectivity index is 1.71. The monoisotopic (exact) mass is 342 g/mol. The van der Waals surface area contributed by atoms with Gasteiger partial charge in [0.2, 0.25) is 5.91 Å². The number of rotatable bonds is 4. The second-order valence-corrected chi connectivity index (χ2v) is 7.07. The van der Waals surface area contributed by atoms with E-state index in [1.807, 2.05) is 6.07 Å². The van der Waals surface area contributed by atoms with E-state index in [1.54, 1.807) is 12.1 Å². The van der Waals surface area contributed by atoms with Gasteiger partial charge in [0.1, 0.15) is 0 Å². The van der Waals surface area contributed by atoms with Crippen LogP contribution in [0, 0.1) is 5.92 Å². The van der Waals surface area contributed by atoms with Crippen LogP contribution in [0.3, 0.4) is 0 Å². The van der Waals surface area contributed by atoms with Gasteiger partial charge in [0.25, 0.3) is 0 Å². The minimum Gasteiger partial charge on any atom is -0.391 e. The van der Waals surface area contributed by atoms with Gasteiger partial charge in [-0.2, -0.15) is 0 Å². The molecule has 0 bridgehead atoms. The van der Waals surface area contributed by atoms with Crippen LogP contribution in [0.4, 0.5) is 0 Å². The van der Waals surface area contributed by atoms with Gasteiger partial charge < -0.3 is 15.7 Å². The molecule has 1 aromatic rings. The highest BCUT2D eigenvalue weighted by molar-refractivity contribution is 6.42. The lowest BCUT2D eigenvalue weighted by atomic mass is 9.63. The maximum atomic E-state index is 12.7. The number of carbonyl (C=O) groups is 1. The van der Waals surface area contributed by atoms with Crippen LogP contribution in [0.15, 0.2) is 18.2 Å². The molecule has 1 heterocycles. The van der Waals surface area contributed by atoms with Gasteiger partial charge >= 0.3 is 0 Å². The molecule has 1 saturated carbocycles. The molecule has 0 aromatic heterocycles. The van der Waals surface area contributed by atoms with Gasteiger partial charge in [-0.05, 0) is 30.5 Å². The highest BCUT2D eigenvalue weighted by atomic mass is 35.5. The van der Waals surface area contributed by atoms with Crippen molar-refractivity contribution in [2.24, 2.45) is 5.92 Å². The fourth-order valence-electron chi connectivity index (χ4n) is 3.29. The SMILES string of the molecule is O=C(NCC1CNCC1O)C1(c2ccc(Cl)c(Cl)c2)CCC1. The quantitative estimate of drug-likeness (QED) is 0.785. The van der Waals surface area contributed by atoms with Gasteiger partial charge in [-0.15, -0.1) is 0 Å². The fourth-order valence-corrected chi connectivity index (χ4v) is 3.59. The van der Waals surface area contributed by atoms with Crippen LogP contribution in [-0.4, -0.2) is 36.8 Å². The van der Waals surface area contributed by atoms with E-state index in [0.717, 1.165) is 31.4 Å². The lowest BCUT2D eigenvalue weighted by molar-refractivity contribution is -0.130. The number of aliphatic hydroxyl groups is 1. The van der Waals surface area contributed by atoms with Gasteiger partial charge in [0.05, 0.1) is 21.6 Å². The molecule has 4 nitrogen and oxygen atoms in total. The number of carbonyl (C=O) groups excluding carboxylic acids is 1. The zero-order chi connectivity index (χ0) is 15.7. The third-order valence-corrected chi connectivity index (χ3v) is 5.68. The topological polar surface area (TPSA) is 61.4 Å². The van der Waals surface area contributed by atoms with Gasteiger partial charge in [-0.25, -0.2) is 0 Å². The van der Waals surface area contributed by atoms with Gasteiger partial charge in [0, 0.05) is 25.6 Å². The Morgan fingerprint density at radius 2 is 2.09 bits per heavy atom. The molecule has 2 atom stereocenters. The van der Waals surface area contributed by atoms with Crippen molar-refractivity contribution >= 4 is 29.1 Å². The highest BCUT2D eigenvalue weighted by Gasteiger charge is 2.46. The lowest BCUT2D eigenvalue weighted by Gasteiger charge is -2.41. The van der Waals surface area contributed by atoms with Gasteiger partial charge in [0.15, 0.2) is 0 Å². The first-order valence-corrected chi connectivity index (χ1v) is 8.41. The van der Waals surface area contributed by atoms with E-state index in [1.165, 1.54) is 0 Å². The first-order chi connectivity index (χ1) is 10.5. The Bertz CT molecular complexity index is 575. The molecule has 3 rings (SSSR count). The summed E-state index contributed by atoms with van der Waals surface area (Å²) in [6, 6.07) is 5.44. The average Bonchev–Trinajstić information content (AvgIpc) is 2.84. The first-order valence-electron chi connectivity index (χ1n) is 7.65. The van der Waals surface area contributed by atoms with Crippen LogP contribution in [0.5, 0.6) is 0 Å². The van der Waals surface area contributed by atoms with Crippen molar-refractivity contribution in [1.82, 2.24) is 10.6 Å². The summed E-state index contributed by atoms with van der Waals surface area (Å²) in [6.07, 6.45) is 2.29. The van der Waals surface area contributed by atoms with Crippen LogP contribution in [0.2, 0.25) is 10.0 Å². The molecule has 2 aliphatic rings. The highest BCUT2D eigenvalue weighted by Crippen LogP contribution is 2.45. The molecule has 1 amide bonds. The zero-order valence-electron chi connectivity index (χ0n) is 12.2. The number of hydrogen-bond donors (Lipinski definition) is 3. The summed E-state index contributed by atoms with van der Waals surface area (Å²) in [5.74, 6) is 0.103. The van der Waals surface area contributed by atoms with Crippen LogP contribution in [0.1, 0.15) is 24.8 Å². The first kappa shape index (κ1) is 16.1.